The van der Waals surface area contributed by atoms with Crippen LogP contribution in [0.2, 0.25) is 5.02 Å². The highest BCUT2D eigenvalue weighted by molar-refractivity contribution is 6.33. The molecule has 124 valence electrons. The van der Waals surface area contributed by atoms with Crippen molar-refractivity contribution >= 4 is 23.5 Å². The molecule has 1 aliphatic carbocycles. The number of esters is 1. The van der Waals surface area contributed by atoms with Crippen LogP contribution in [0.4, 0.5) is 4.39 Å². The lowest BCUT2D eigenvalue weighted by Crippen LogP contribution is -2.31. The zero-order chi connectivity index (χ0) is 17.1. The van der Waals surface area contributed by atoms with E-state index >= 15 is 0 Å². The third-order valence-electron chi connectivity index (χ3n) is 3.95. The molecule has 3 rings (SSSR count). The number of hydrogen-bond acceptors (Lipinski definition) is 3. The van der Waals surface area contributed by atoms with E-state index in [0.29, 0.717) is 0 Å². The predicted octanol–water partition coefficient (Wildman–Crippen LogP) is 3.44. The number of carbonyl (C=O) groups is 2. The molecule has 6 heteroatoms. The first-order chi connectivity index (χ1) is 11.5. The van der Waals surface area contributed by atoms with Gasteiger partial charge in [0.1, 0.15) is 5.82 Å². The van der Waals surface area contributed by atoms with Gasteiger partial charge in [-0.05, 0) is 42.2 Å². The summed E-state index contributed by atoms with van der Waals surface area (Å²) in [6.45, 7) is -0.440. The summed E-state index contributed by atoms with van der Waals surface area (Å²) < 4.78 is 18.1. The van der Waals surface area contributed by atoms with E-state index in [-0.39, 0.29) is 16.6 Å². The molecule has 2 aromatic rings. The average molecular weight is 348 g/mol. The lowest BCUT2D eigenvalue weighted by molar-refractivity contribution is -0.125. The SMILES string of the molecule is O=C(COC(=O)c1cc(F)ccc1Cl)NC1CCc2ccccc21. The molecule has 0 aliphatic heterocycles. The van der Waals surface area contributed by atoms with Gasteiger partial charge >= 0.3 is 5.97 Å². The van der Waals surface area contributed by atoms with Crippen LogP contribution >= 0.6 is 11.6 Å². The highest BCUT2D eigenvalue weighted by Gasteiger charge is 2.24. The maximum Gasteiger partial charge on any atom is 0.340 e. The number of fused-ring (bicyclic) bond motifs is 1. The monoisotopic (exact) mass is 347 g/mol. The van der Waals surface area contributed by atoms with Crippen LogP contribution in [0.5, 0.6) is 0 Å². The van der Waals surface area contributed by atoms with Gasteiger partial charge in [-0.2, -0.15) is 0 Å². The van der Waals surface area contributed by atoms with E-state index in [9.17, 15) is 14.0 Å². The minimum absolute atomic E-state index is 0.0755. The number of rotatable bonds is 4. The fourth-order valence-corrected chi connectivity index (χ4v) is 3.00. The quantitative estimate of drug-likeness (QED) is 0.862. The fourth-order valence-electron chi connectivity index (χ4n) is 2.81. The van der Waals surface area contributed by atoms with Crippen molar-refractivity contribution in [2.75, 3.05) is 6.61 Å². The lowest BCUT2D eigenvalue weighted by atomic mass is 10.1. The van der Waals surface area contributed by atoms with Crippen molar-refractivity contribution in [3.05, 3.63) is 70.0 Å². The normalized spacial score (nSPS) is 15.7. The standard InChI is InChI=1S/C18H15ClFNO3/c19-15-7-6-12(20)9-14(15)18(23)24-10-17(22)21-16-8-5-11-3-1-2-4-13(11)16/h1-4,6-7,9,16H,5,8,10H2,(H,21,22). The molecule has 1 amide bonds. The summed E-state index contributed by atoms with van der Waals surface area (Å²) in [7, 11) is 0. The van der Waals surface area contributed by atoms with Crippen molar-refractivity contribution < 1.29 is 18.7 Å². The highest BCUT2D eigenvalue weighted by Crippen LogP contribution is 2.30. The molecule has 1 atom stereocenters. The summed E-state index contributed by atoms with van der Waals surface area (Å²) in [6, 6.07) is 11.2. The largest absolute Gasteiger partial charge is 0.452 e. The molecule has 1 N–H and O–H groups in total. The second-order valence-corrected chi connectivity index (χ2v) is 5.97. The molecule has 24 heavy (non-hydrogen) atoms. The van der Waals surface area contributed by atoms with E-state index < -0.39 is 24.3 Å². The van der Waals surface area contributed by atoms with Gasteiger partial charge in [0.25, 0.3) is 5.91 Å². The topological polar surface area (TPSA) is 55.4 Å². The first-order valence-electron chi connectivity index (χ1n) is 7.54. The minimum Gasteiger partial charge on any atom is -0.452 e. The molecule has 0 aromatic heterocycles. The summed E-state index contributed by atoms with van der Waals surface area (Å²) in [4.78, 5) is 23.9. The molecule has 2 aromatic carbocycles. The van der Waals surface area contributed by atoms with Crippen LogP contribution in [0.15, 0.2) is 42.5 Å². The number of nitrogens with one attached hydrogen (secondary N) is 1. The molecule has 0 spiro atoms. The Labute approximate surface area is 143 Å². The molecule has 1 aliphatic rings. The summed E-state index contributed by atoms with van der Waals surface area (Å²) in [5.74, 6) is -1.84. The highest BCUT2D eigenvalue weighted by atomic mass is 35.5. The van der Waals surface area contributed by atoms with Gasteiger partial charge in [0, 0.05) is 0 Å². The number of hydrogen-bond donors (Lipinski definition) is 1. The first kappa shape index (κ1) is 16.5. The van der Waals surface area contributed by atoms with Crippen LogP contribution in [0.25, 0.3) is 0 Å². The molecule has 0 bridgehead atoms. The van der Waals surface area contributed by atoms with Crippen LogP contribution in [0, 0.1) is 5.82 Å². The van der Waals surface area contributed by atoms with Gasteiger partial charge in [-0.25, -0.2) is 9.18 Å². The van der Waals surface area contributed by atoms with Gasteiger partial charge in [-0.3, -0.25) is 4.79 Å². The Hall–Kier alpha value is -2.40. The zero-order valence-electron chi connectivity index (χ0n) is 12.7. The number of halogens is 2. The summed E-state index contributed by atoms with van der Waals surface area (Å²) in [5.41, 5.74) is 2.20. The second kappa shape index (κ2) is 7.01. The predicted molar refractivity (Wildman–Crippen MR) is 87.3 cm³/mol. The molecular formula is C18H15ClFNO3. The molecule has 0 radical (unpaired) electrons. The molecule has 0 saturated heterocycles. The Kier molecular flexibility index (Phi) is 4.81. The van der Waals surface area contributed by atoms with E-state index in [1.165, 1.54) is 11.6 Å². The lowest BCUT2D eigenvalue weighted by Gasteiger charge is -2.14. The smallest absolute Gasteiger partial charge is 0.340 e. The zero-order valence-corrected chi connectivity index (χ0v) is 13.5. The summed E-state index contributed by atoms with van der Waals surface area (Å²) in [5, 5.41) is 2.92. The Morgan fingerprint density at radius 2 is 2.04 bits per heavy atom. The van der Waals surface area contributed by atoms with Gasteiger partial charge in [0.05, 0.1) is 16.6 Å². The van der Waals surface area contributed by atoms with E-state index in [2.05, 4.69) is 5.32 Å². The molecule has 4 nitrogen and oxygen atoms in total. The van der Waals surface area contributed by atoms with Crippen LogP contribution in [0.1, 0.15) is 33.9 Å². The Morgan fingerprint density at radius 3 is 2.88 bits per heavy atom. The van der Waals surface area contributed by atoms with Crippen molar-refractivity contribution in [3.8, 4) is 0 Å². The van der Waals surface area contributed by atoms with Crippen LogP contribution < -0.4 is 5.32 Å². The maximum absolute atomic E-state index is 13.2. The maximum atomic E-state index is 13.2. The minimum atomic E-state index is -0.832. The van der Waals surface area contributed by atoms with Gasteiger partial charge < -0.3 is 10.1 Å². The van der Waals surface area contributed by atoms with Crippen molar-refractivity contribution in [2.45, 2.75) is 18.9 Å². The Bertz CT molecular complexity index is 794. The Balaban J connectivity index is 1.57. The van der Waals surface area contributed by atoms with Crippen LogP contribution in [-0.4, -0.2) is 18.5 Å². The van der Waals surface area contributed by atoms with E-state index in [0.717, 1.165) is 30.5 Å². The van der Waals surface area contributed by atoms with Crippen LogP contribution in [0.3, 0.4) is 0 Å². The van der Waals surface area contributed by atoms with E-state index in [1.807, 2.05) is 24.3 Å². The number of benzene rings is 2. The Morgan fingerprint density at radius 1 is 1.25 bits per heavy atom. The third-order valence-corrected chi connectivity index (χ3v) is 4.28. The van der Waals surface area contributed by atoms with Crippen molar-refractivity contribution in [3.63, 3.8) is 0 Å². The third kappa shape index (κ3) is 3.57. The average Bonchev–Trinajstić information content (AvgIpc) is 2.98. The van der Waals surface area contributed by atoms with Crippen molar-refractivity contribution in [1.82, 2.24) is 5.32 Å². The number of carbonyl (C=O) groups excluding carboxylic acids is 2. The van der Waals surface area contributed by atoms with Gasteiger partial charge in [-0.1, -0.05) is 35.9 Å². The van der Waals surface area contributed by atoms with E-state index in [4.69, 9.17) is 16.3 Å². The van der Waals surface area contributed by atoms with Gasteiger partial charge in [-0.15, -0.1) is 0 Å². The molecule has 0 fully saturated rings. The fraction of sp³-hybridized carbons (Fsp3) is 0.222. The molecule has 0 saturated carbocycles. The molecule has 0 heterocycles. The number of amides is 1. The van der Waals surface area contributed by atoms with Crippen LogP contribution in [-0.2, 0) is 16.0 Å². The van der Waals surface area contributed by atoms with Gasteiger partial charge in [0.2, 0.25) is 0 Å². The second-order valence-electron chi connectivity index (χ2n) is 5.56. The molecular weight excluding hydrogens is 333 g/mol. The van der Waals surface area contributed by atoms with Crippen molar-refractivity contribution in [1.29, 1.82) is 0 Å². The number of aryl methyl sites for hydroxylation is 1. The summed E-state index contributed by atoms with van der Waals surface area (Å²) in [6.07, 6.45) is 1.72. The molecule has 1 unspecified atom stereocenters. The van der Waals surface area contributed by atoms with Crippen molar-refractivity contribution in [2.24, 2.45) is 0 Å². The van der Waals surface area contributed by atoms with Gasteiger partial charge in [0.15, 0.2) is 6.61 Å². The number of ether oxygens (including phenoxy) is 1. The summed E-state index contributed by atoms with van der Waals surface area (Å²) >= 11 is 5.83. The first-order valence-corrected chi connectivity index (χ1v) is 7.92. The van der Waals surface area contributed by atoms with E-state index in [1.54, 1.807) is 0 Å².